The van der Waals surface area contributed by atoms with Crippen LogP contribution in [0.15, 0.2) is 67.1 Å². The number of rotatable bonds is 7. The zero-order valence-electron chi connectivity index (χ0n) is 20.1. The third-order valence-corrected chi connectivity index (χ3v) is 6.42. The normalized spacial score (nSPS) is 12.9. The summed E-state index contributed by atoms with van der Waals surface area (Å²) in [5, 5.41) is 0. The highest BCUT2D eigenvalue weighted by Crippen LogP contribution is 2.32. The number of benzene rings is 2. The van der Waals surface area contributed by atoms with Gasteiger partial charge in [0.1, 0.15) is 11.6 Å². The standard InChI is InChI=1S/C28H27N5O2/c1-18(2)22-6-4-5-7-23(22)27-30-16-21-14-26(35)33(28(21)31-27)17-19-8-10-20(11-9-19)24(34)15-25-29-12-13-32(25)3/h4-13,16,18H,14-15,17H2,1-3H3. The zero-order valence-corrected chi connectivity index (χ0v) is 20.1. The van der Waals surface area contributed by atoms with Gasteiger partial charge in [0.15, 0.2) is 11.6 Å². The molecule has 0 spiro atoms. The van der Waals surface area contributed by atoms with E-state index >= 15 is 0 Å². The largest absolute Gasteiger partial charge is 0.338 e. The van der Waals surface area contributed by atoms with Crippen LogP contribution in [0.5, 0.6) is 0 Å². The number of Topliss-reactive ketones (excluding diaryl/α,β-unsaturated/α-hetero) is 1. The smallest absolute Gasteiger partial charge is 0.233 e. The maximum atomic E-state index is 12.8. The van der Waals surface area contributed by atoms with Crippen molar-refractivity contribution < 1.29 is 9.59 Å². The van der Waals surface area contributed by atoms with Crippen molar-refractivity contribution in [1.29, 1.82) is 0 Å². The van der Waals surface area contributed by atoms with Crippen LogP contribution < -0.4 is 4.90 Å². The van der Waals surface area contributed by atoms with Crippen LogP contribution in [-0.4, -0.2) is 31.2 Å². The van der Waals surface area contributed by atoms with Crippen molar-refractivity contribution in [3.8, 4) is 11.4 Å². The van der Waals surface area contributed by atoms with E-state index in [1.807, 2.05) is 60.3 Å². The summed E-state index contributed by atoms with van der Waals surface area (Å²) in [5.74, 6) is 2.36. The van der Waals surface area contributed by atoms with E-state index in [4.69, 9.17) is 4.98 Å². The van der Waals surface area contributed by atoms with E-state index in [9.17, 15) is 9.59 Å². The van der Waals surface area contributed by atoms with Gasteiger partial charge in [-0.1, -0.05) is 62.4 Å². The second kappa shape index (κ2) is 9.25. The Bertz CT molecular complexity index is 1410. The molecule has 5 rings (SSSR count). The third kappa shape index (κ3) is 4.49. The van der Waals surface area contributed by atoms with Gasteiger partial charge in [0.05, 0.1) is 19.4 Å². The van der Waals surface area contributed by atoms with Gasteiger partial charge in [-0.15, -0.1) is 0 Å². The Morgan fingerprint density at radius 1 is 1.06 bits per heavy atom. The second-order valence-corrected chi connectivity index (χ2v) is 9.19. The predicted molar refractivity (Wildman–Crippen MR) is 134 cm³/mol. The van der Waals surface area contributed by atoms with Crippen LogP contribution in [0.25, 0.3) is 11.4 Å². The van der Waals surface area contributed by atoms with Crippen molar-refractivity contribution in [2.45, 2.75) is 39.2 Å². The van der Waals surface area contributed by atoms with Crippen LogP contribution in [0.3, 0.4) is 0 Å². The van der Waals surface area contributed by atoms with Crippen LogP contribution in [0.4, 0.5) is 5.82 Å². The summed E-state index contributed by atoms with van der Waals surface area (Å²) in [5.41, 5.74) is 4.55. The minimum atomic E-state index is -0.00136. The first-order chi connectivity index (χ1) is 16.9. The van der Waals surface area contributed by atoms with Gasteiger partial charge in [-0.05, 0) is 17.0 Å². The highest BCUT2D eigenvalue weighted by molar-refractivity contribution is 6.00. The maximum absolute atomic E-state index is 12.8. The first kappa shape index (κ1) is 22.7. The number of anilines is 1. The molecule has 1 amide bonds. The Kier molecular flexibility index (Phi) is 5.99. The Hall–Kier alpha value is -4.13. The molecule has 2 aromatic carbocycles. The molecule has 0 radical (unpaired) electrons. The van der Waals surface area contributed by atoms with E-state index in [1.165, 1.54) is 5.56 Å². The molecule has 0 atom stereocenters. The van der Waals surface area contributed by atoms with Gasteiger partial charge in [0.25, 0.3) is 0 Å². The number of aromatic nitrogens is 4. The first-order valence-electron chi connectivity index (χ1n) is 11.7. The highest BCUT2D eigenvalue weighted by Gasteiger charge is 2.30. The highest BCUT2D eigenvalue weighted by atomic mass is 16.2. The Morgan fingerprint density at radius 3 is 2.54 bits per heavy atom. The molecule has 1 aliphatic rings. The summed E-state index contributed by atoms with van der Waals surface area (Å²) < 4.78 is 1.85. The molecule has 7 nitrogen and oxygen atoms in total. The van der Waals surface area contributed by atoms with Crippen LogP contribution in [-0.2, 0) is 31.2 Å². The van der Waals surface area contributed by atoms with E-state index in [2.05, 4.69) is 29.9 Å². The molecule has 0 aliphatic carbocycles. The monoisotopic (exact) mass is 465 g/mol. The Labute approximate surface area is 204 Å². The van der Waals surface area contributed by atoms with E-state index in [0.29, 0.717) is 36.1 Å². The first-order valence-corrected chi connectivity index (χ1v) is 11.7. The van der Waals surface area contributed by atoms with Gasteiger partial charge >= 0.3 is 0 Å². The quantitative estimate of drug-likeness (QED) is 0.375. The fourth-order valence-electron chi connectivity index (χ4n) is 4.42. The van der Waals surface area contributed by atoms with E-state index < -0.39 is 0 Å². The maximum Gasteiger partial charge on any atom is 0.233 e. The lowest BCUT2D eigenvalue weighted by Crippen LogP contribution is -2.26. The van der Waals surface area contributed by atoms with E-state index in [1.54, 1.807) is 17.3 Å². The van der Waals surface area contributed by atoms with Crippen molar-refractivity contribution in [2.75, 3.05) is 4.90 Å². The molecule has 1 aliphatic heterocycles. The number of nitrogens with zero attached hydrogens (tertiary/aromatic N) is 5. The summed E-state index contributed by atoms with van der Waals surface area (Å²) in [7, 11) is 1.88. The lowest BCUT2D eigenvalue weighted by Gasteiger charge is -2.18. The Balaban J connectivity index is 1.37. The molecule has 7 heteroatoms. The van der Waals surface area contributed by atoms with Crippen molar-refractivity contribution >= 4 is 17.5 Å². The lowest BCUT2D eigenvalue weighted by molar-refractivity contribution is -0.117. The zero-order chi connectivity index (χ0) is 24.5. The molecule has 2 aromatic heterocycles. The SMILES string of the molecule is CC(C)c1ccccc1-c1ncc2c(n1)N(Cc1ccc(C(=O)Cc3nccn3C)cc1)C(=O)C2. The summed E-state index contributed by atoms with van der Waals surface area (Å²) in [6.07, 6.45) is 5.83. The van der Waals surface area contributed by atoms with Crippen molar-refractivity contribution in [1.82, 2.24) is 19.5 Å². The number of imidazole rings is 1. The van der Waals surface area contributed by atoms with Crippen LogP contribution in [0.2, 0.25) is 0 Å². The molecule has 4 aromatic rings. The number of fused-ring (bicyclic) bond motifs is 1. The molecule has 0 bridgehead atoms. The molecule has 176 valence electrons. The number of hydrogen-bond acceptors (Lipinski definition) is 5. The van der Waals surface area contributed by atoms with Crippen LogP contribution >= 0.6 is 0 Å². The molecule has 35 heavy (non-hydrogen) atoms. The van der Waals surface area contributed by atoms with Crippen LogP contribution in [0, 0.1) is 0 Å². The summed E-state index contributed by atoms with van der Waals surface area (Å²) in [4.78, 5) is 40.8. The molecule has 0 fully saturated rings. The predicted octanol–water partition coefficient (Wildman–Crippen LogP) is 4.52. The molecule has 3 heterocycles. The number of ketones is 1. The van der Waals surface area contributed by atoms with E-state index in [-0.39, 0.29) is 18.1 Å². The van der Waals surface area contributed by atoms with Gasteiger partial charge in [-0.25, -0.2) is 15.0 Å². The molecular weight excluding hydrogens is 438 g/mol. The van der Waals surface area contributed by atoms with Crippen LogP contribution in [0.1, 0.15) is 52.6 Å². The van der Waals surface area contributed by atoms with Gasteiger partial charge in [-0.3, -0.25) is 14.5 Å². The fraction of sp³-hybridized carbons (Fsp3) is 0.250. The van der Waals surface area contributed by atoms with Crippen molar-refractivity contribution in [2.24, 2.45) is 7.05 Å². The lowest BCUT2D eigenvalue weighted by atomic mass is 9.97. The van der Waals surface area contributed by atoms with Gasteiger partial charge < -0.3 is 4.57 Å². The number of carbonyl (C=O) groups excluding carboxylic acids is 2. The summed E-state index contributed by atoms with van der Waals surface area (Å²) >= 11 is 0. The minimum Gasteiger partial charge on any atom is -0.338 e. The number of hydrogen-bond donors (Lipinski definition) is 0. The molecular formula is C28H27N5O2. The summed E-state index contributed by atoms with van der Waals surface area (Å²) in [6.45, 7) is 4.68. The van der Waals surface area contributed by atoms with Crippen molar-refractivity contribution in [3.63, 3.8) is 0 Å². The Morgan fingerprint density at radius 2 is 1.83 bits per heavy atom. The average molecular weight is 466 g/mol. The second-order valence-electron chi connectivity index (χ2n) is 9.19. The van der Waals surface area contributed by atoms with E-state index in [0.717, 1.165) is 22.5 Å². The number of amides is 1. The summed E-state index contributed by atoms with van der Waals surface area (Å²) in [6, 6.07) is 15.5. The van der Waals surface area contributed by atoms with Gasteiger partial charge in [0.2, 0.25) is 5.91 Å². The third-order valence-electron chi connectivity index (χ3n) is 6.42. The average Bonchev–Trinajstić information content (AvgIpc) is 3.40. The topological polar surface area (TPSA) is 81.0 Å². The molecule has 0 N–H and O–H groups in total. The van der Waals surface area contributed by atoms with Gasteiger partial charge in [0, 0.05) is 42.3 Å². The number of aryl methyl sites for hydroxylation is 1. The molecule has 0 saturated heterocycles. The molecule has 0 unspecified atom stereocenters. The molecule has 0 saturated carbocycles. The number of carbonyl (C=O) groups is 2. The fourth-order valence-corrected chi connectivity index (χ4v) is 4.42. The minimum absolute atomic E-state index is 0.00136. The van der Waals surface area contributed by atoms with Crippen molar-refractivity contribution in [3.05, 3.63) is 95.2 Å². The van der Waals surface area contributed by atoms with Gasteiger partial charge in [-0.2, -0.15) is 0 Å².